The van der Waals surface area contributed by atoms with Crippen LogP contribution in [0.25, 0.3) is 0 Å². The van der Waals surface area contributed by atoms with Crippen LogP contribution in [-0.2, 0) is 16.5 Å². The van der Waals surface area contributed by atoms with Gasteiger partial charge in [0.25, 0.3) is 0 Å². The molecule has 30 heavy (non-hydrogen) atoms. The first-order valence-corrected chi connectivity index (χ1v) is 11.3. The van der Waals surface area contributed by atoms with E-state index in [1.165, 1.54) is 6.20 Å². The zero-order chi connectivity index (χ0) is 22.1. The lowest BCUT2D eigenvalue weighted by Crippen LogP contribution is -2.21. The maximum absolute atomic E-state index is 13.0. The van der Waals surface area contributed by atoms with Crippen molar-refractivity contribution in [2.24, 2.45) is 9.50 Å². The van der Waals surface area contributed by atoms with Crippen molar-refractivity contribution in [1.82, 2.24) is 9.78 Å². The minimum absolute atomic E-state index is 0.0458. The van der Waals surface area contributed by atoms with Gasteiger partial charge in [0.05, 0.1) is 24.4 Å². The number of nitrogens with two attached hydrogens (primary N) is 1. The fourth-order valence-electron chi connectivity index (χ4n) is 3.36. The van der Waals surface area contributed by atoms with Crippen molar-refractivity contribution in [2.75, 3.05) is 11.9 Å². The molecule has 1 aliphatic rings. The van der Waals surface area contributed by atoms with Crippen LogP contribution in [-0.4, -0.2) is 26.6 Å². The Balaban J connectivity index is 2.01. The normalized spacial score (nSPS) is 15.1. The maximum atomic E-state index is 13.0. The topological polar surface area (TPSA) is 135 Å². The maximum Gasteiger partial charge on any atom is 0.354 e. The number of fused-ring (bicyclic) bond motifs is 1. The van der Waals surface area contributed by atoms with Gasteiger partial charge in [-0.2, -0.15) is 10.4 Å². The number of nitrogens with one attached hydrogen (secondary N) is 1. The third kappa shape index (κ3) is 4.32. The average molecular weight is 431 g/mol. The van der Waals surface area contributed by atoms with E-state index in [-0.39, 0.29) is 22.6 Å². The lowest BCUT2D eigenvalue weighted by molar-refractivity contribution is 0.224. The molecule has 1 aromatic heterocycles. The van der Waals surface area contributed by atoms with Gasteiger partial charge in [0.15, 0.2) is 9.92 Å². The van der Waals surface area contributed by atoms with Crippen molar-refractivity contribution < 1.29 is 13.7 Å². The largest absolute Gasteiger partial charge is 0.477 e. The summed E-state index contributed by atoms with van der Waals surface area (Å²) in [6.07, 6.45) is 2.12. The molecule has 1 aliphatic heterocycles. The van der Waals surface area contributed by atoms with Crippen molar-refractivity contribution in [3.05, 3.63) is 35.0 Å². The molecule has 2 aromatic rings. The van der Waals surface area contributed by atoms with Gasteiger partial charge in [0, 0.05) is 18.7 Å². The second-order valence-electron chi connectivity index (χ2n) is 7.78. The number of nitriles is 1. The third-order valence-electron chi connectivity index (χ3n) is 4.85. The third-order valence-corrected chi connectivity index (χ3v) is 6.20. The fraction of sp³-hybridized carbons (Fsp3) is 0.450. The van der Waals surface area contributed by atoms with E-state index in [0.29, 0.717) is 24.4 Å². The predicted molar refractivity (Wildman–Crippen MR) is 114 cm³/mol. The van der Waals surface area contributed by atoms with Gasteiger partial charge in [-0.05, 0) is 35.1 Å². The molecule has 10 heteroatoms. The second kappa shape index (κ2) is 8.45. The number of carbonyl (C=O) groups excluding carboxylic acids is 1. The zero-order valence-corrected chi connectivity index (χ0v) is 18.3. The molecule has 0 aliphatic carbocycles. The summed E-state index contributed by atoms with van der Waals surface area (Å²) in [7, 11) is -3.55. The van der Waals surface area contributed by atoms with Crippen LogP contribution in [0, 0.1) is 11.3 Å². The molecule has 0 saturated carbocycles. The molecule has 2 amide bonds. The van der Waals surface area contributed by atoms with E-state index in [2.05, 4.69) is 20.8 Å². The summed E-state index contributed by atoms with van der Waals surface area (Å²) in [5, 5.41) is 22.1. The first-order valence-electron chi connectivity index (χ1n) is 9.76. The number of benzene rings is 1. The molecule has 2 heterocycles. The summed E-state index contributed by atoms with van der Waals surface area (Å²) in [5.74, 6) is 0.378. The summed E-state index contributed by atoms with van der Waals surface area (Å²) in [6.45, 7) is 8.96. The lowest BCUT2D eigenvalue weighted by Gasteiger charge is -2.20. The number of carbonyl (C=O) groups is 1. The first-order chi connectivity index (χ1) is 14.1. The zero-order valence-electron chi connectivity index (χ0n) is 17.5. The highest BCUT2D eigenvalue weighted by molar-refractivity contribution is 7.91. The van der Waals surface area contributed by atoms with Gasteiger partial charge in [0.1, 0.15) is 4.90 Å². The van der Waals surface area contributed by atoms with E-state index in [4.69, 9.17) is 9.88 Å². The number of rotatable bonds is 4. The number of nitrogens with zero attached hydrogens (tertiary/aromatic N) is 4. The molecule has 160 valence electrons. The molecule has 1 atom stereocenters. The van der Waals surface area contributed by atoms with E-state index in [1.54, 1.807) is 16.8 Å². The molecule has 3 N–H and O–H groups in total. The van der Waals surface area contributed by atoms with Gasteiger partial charge < -0.3 is 10.1 Å². The highest BCUT2D eigenvalue weighted by Crippen LogP contribution is 2.34. The quantitative estimate of drug-likeness (QED) is 0.762. The predicted octanol–water partition coefficient (Wildman–Crippen LogP) is 3.72. The van der Waals surface area contributed by atoms with Crippen LogP contribution in [0.1, 0.15) is 62.6 Å². The summed E-state index contributed by atoms with van der Waals surface area (Å²) < 4.78 is 23.9. The number of ether oxygens (including phenoxy) is 1. The van der Waals surface area contributed by atoms with E-state index in [0.717, 1.165) is 17.5 Å². The van der Waals surface area contributed by atoms with Crippen LogP contribution in [0.3, 0.4) is 0 Å². The van der Waals surface area contributed by atoms with Crippen molar-refractivity contribution >= 4 is 21.6 Å². The van der Waals surface area contributed by atoms with Crippen LogP contribution in [0.15, 0.2) is 27.6 Å². The smallest absolute Gasteiger partial charge is 0.354 e. The molecule has 9 nitrogen and oxygen atoms in total. The number of hydrogen-bond donors (Lipinski definition) is 2. The Morgan fingerprint density at radius 2 is 1.97 bits per heavy atom. The van der Waals surface area contributed by atoms with Crippen molar-refractivity contribution in [1.29, 1.82) is 5.26 Å². The lowest BCUT2D eigenvalue weighted by atomic mass is 9.90. The number of urea groups is 1. The molecule has 3 rings (SSSR count). The summed E-state index contributed by atoms with van der Waals surface area (Å²) in [6, 6.07) is 4.82. The highest BCUT2D eigenvalue weighted by Gasteiger charge is 2.24. The van der Waals surface area contributed by atoms with E-state index in [1.807, 2.05) is 27.7 Å². The molecular formula is C20H26N6O3S. The molecular weight excluding hydrogens is 404 g/mol. The van der Waals surface area contributed by atoms with Crippen LogP contribution in [0.5, 0.6) is 5.88 Å². The van der Waals surface area contributed by atoms with Crippen molar-refractivity contribution in [3.8, 4) is 11.9 Å². The number of anilines is 1. The van der Waals surface area contributed by atoms with Crippen molar-refractivity contribution in [3.63, 3.8) is 0 Å². The first kappa shape index (κ1) is 21.8. The Labute approximate surface area is 176 Å². The Kier molecular flexibility index (Phi) is 6.14. The number of aryl methyl sites for hydroxylation is 1. The van der Waals surface area contributed by atoms with Crippen LogP contribution in [0.2, 0.25) is 0 Å². The van der Waals surface area contributed by atoms with Gasteiger partial charge in [-0.1, -0.05) is 27.7 Å². The number of aromatic nitrogens is 2. The molecule has 0 radical (unpaired) electrons. The Morgan fingerprint density at radius 3 is 2.53 bits per heavy atom. The summed E-state index contributed by atoms with van der Waals surface area (Å²) in [5.41, 5.74) is 2.69. The minimum Gasteiger partial charge on any atom is -0.477 e. The van der Waals surface area contributed by atoms with Gasteiger partial charge in [-0.15, -0.1) is 4.36 Å². The highest BCUT2D eigenvalue weighted by atomic mass is 32.2. The number of hydrogen-bond acceptors (Lipinski definition) is 5. The molecule has 0 fully saturated rings. The average Bonchev–Trinajstić information content (AvgIpc) is 3.12. The standard InChI is InChI=1S/C20H26N6O3S/c1-12(2)15-8-14(10-21)9-16(13(3)4)18(15)24-20(27)25-30(22,28)17-11-23-26-6-5-7-29-19(17)26/h8-9,11-13H,5-7H2,1-4H3,(H3,22,24,25,27,28). The van der Waals surface area contributed by atoms with Gasteiger partial charge in [-0.25, -0.2) is 18.8 Å². The molecule has 0 saturated heterocycles. The molecule has 1 unspecified atom stereocenters. The molecule has 0 bridgehead atoms. The van der Waals surface area contributed by atoms with E-state index >= 15 is 0 Å². The van der Waals surface area contributed by atoms with E-state index in [9.17, 15) is 14.3 Å². The summed E-state index contributed by atoms with van der Waals surface area (Å²) in [4.78, 5) is 12.8. The Morgan fingerprint density at radius 1 is 1.33 bits per heavy atom. The Hall–Kier alpha value is -2.90. The van der Waals surface area contributed by atoms with Crippen LogP contribution < -0.4 is 15.2 Å². The van der Waals surface area contributed by atoms with Crippen LogP contribution >= 0.6 is 0 Å². The Bertz CT molecular complexity index is 1110. The molecule has 0 spiro atoms. The van der Waals surface area contributed by atoms with Gasteiger partial charge in [0.2, 0.25) is 5.88 Å². The van der Waals surface area contributed by atoms with E-state index < -0.39 is 15.9 Å². The molecule has 1 aromatic carbocycles. The van der Waals surface area contributed by atoms with Gasteiger partial charge >= 0.3 is 6.03 Å². The van der Waals surface area contributed by atoms with Crippen LogP contribution in [0.4, 0.5) is 10.5 Å². The number of amides is 2. The SMILES string of the molecule is CC(C)c1cc(C#N)cc(C(C)C)c1NC(=O)N=S(N)(=O)c1cnn2c1OCCC2. The fourth-order valence-corrected chi connectivity index (χ4v) is 4.36. The minimum atomic E-state index is -3.55. The summed E-state index contributed by atoms with van der Waals surface area (Å²) >= 11 is 0. The van der Waals surface area contributed by atoms with Crippen molar-refractivity contribution in [2.45, 2.75) is 57.4 Å². The van der Waals surface area contributed by atoms with Gasteiger partial charge in [-0.3, -0.25) is 0 Å². The monoisotopic (exact) mass is 430 g/mol. The second-order valence-corrected chi connectivity index (χ2v) is 9.54.